The number of aromatic hydroxyl groups is 1. The number of halogens is 2. The second-order valence-corrected chi connectivity index (χ2v) is 9.35. The summed E-state index contributed by atoms with van der Waals surface area (Å²) in [6, 6.07) is 5.45. The normalized spacial score (nSPS) is 29.9. The second kappa shape index (κ2) is 7.61. The first kappa shape index (κ1) is 23.0. The third kappa shape index (κ3) is 3.09. The van der Waals surface area contributed by atoms with E-state index in [2.05, 4.69) is 0 Å². The molecule has 0 saturated heterocycles. The summed E-state index contributed by atoms with van der Waals surface area (Å²) in [6.07, 6.45) is -0.542. The molecular weight excluding hydrogens is 464 g/mol. The van der Waals surface area contributed by atoms with Crippen molar-refractivity contribution in [1.82, 2.24) is 0 Å². The second-order valence-electron chi connectivity index (χ2n) is 9.35. The standard InChI is InChI=1S/C25H19F2NO7/c26-11-1-2-13(15(27)8-11)12-3-4-16(29)19-14(12)6-9-5-10-7-17(30)20(24(28)34)23(33)25(10,35)22(32)18(9)21(19)31/h1-4,8-10,18,20,29,35H,5-7H2,(H2,28,34)/t9-,10+,18?,20?,25+/m1/s1. The van der Waals surface area contributed by atoms with Crippen molar-refractivity contribution >= 4 is 29.0 Å². The Morgan fingerprint density at radius 1 is 1.00 bits per heavy atom. The molecule has 35 heavy (non-hydrogen) atoms. The van der Waals surface area contributed by atoms with E-state index in [-0.39, 0.29) is 35.1 Å². The average Bonchev–Trinajstić information content (AvgIpc) is 2.77. The predicted octanol–water partition coefficient (Wildman–Crippen LogP) is 1.27. The molecule has 10 heteroatoms. The van der Waals surface area contributed by atoms with Gasteiger partial charge in [0, 0.05) is 24.0 Å². The highest BCUT2D eigenvalue weighted by molar-refractivity contribution is 6.31. The minimum absolute atomic E-state index is 0.00770. The Kier molecular flexibility index (Phi) is 4.99. The number of aliphatic hydroxyl groups is 1. The van der Waals surface area contributed by atoms with Crippen LogP contribution in [0.5, 0.6) is 5.75 Å². The minimum Gasteiger partial charge on any atom is -0.507 e. The summed E-state index contributed by atoms with van der Waals surface area (Å²) in [5.74, 6) is -13.0. The summed E-state index contributed by atoms with van der Waals surface area (Å²) < 4.78 is 28.0. The quantitative estimate of drug-likeness (QED) is 0.544. The molecule has 8 nitrogen and oxygen atoms in total. The molecule has 0 bridgehead atoms. The van der Waals surface area contributed by atoms with Crippen molar-refractivity contribution in [2.45, 2.75) is 24.9 Å². The van der Waals surface area contributed by atoms with Crippen LogP contribution in [0.1, 0.15) is 28.8 Å². The number of hydrogen-bond donors (Lipinski definition) is 3. The molecule has 2 saturated carbocycles. The van der Waals surface area contributed by atoms with E-state index < -0.39 is 82.1 Å². The Labute approximate surface area is 196 Å². The summed E-state index contributed by atoms with van der Waals surface area (Å²) in [5.41, 5.74) is 2.61. The maximum Gasteiger partial charge on any atom is 0.235 e. The van der Waals surface area contributed by atoms with Crippen molar-refractivity contribution in [2.75, 3.05) is 0 Å². The molecule has 0 radical (unpaired) electrons. The molecule has 0 spiro atoms. The van der Waals surface area contributed by atoms with E-state index in [1.165, 1.54) is 12.1 Å². The third-order valence-electron chi connectivity index (χ3n) is 7.51. The van der Waals surface area contributed by atoms with Gasteiger partial charge in [0.15, 0.2) is 34.7 Å². The molecular formula is C25H19F2NO7. The number of carbonyl (C=O) groups excluding carboxylic acids is 5. The fraction of sp³-hybridized carbons (Fsp3) is 0.320. The minimum atomic E-state index is -2.74. The van der Waals surface area contributed by atoms with E-state index in [1.807, 2.05) is 0 Å². The molecule has 0 heterocycles. The van der Waals surface area contributed by atoms with Gasteiger partial charge in [-0.2, -0.15) is 0 Å². The van der Waals surface area contributed by atoms with Crippen LogP contribution >= 0.6 is 0 Å². The molecule has 0 aromatic heterocycles. The first-order valence-corrected chi connectivity index (χ1v) is 10.9. The first-order valence-electron chi connectivity index (χ1n) is 10.9. The highest BCUT2D eigenvalue weighted by Crippen LogP contribution is 2.51. The monoisotopic (exact) mass is 483 g/mol. The fourth-order valence-electron chi connectivity index (χ4n) is 5.93. The predicted molar refractivity (Wildman–Crippen MR) is 114 cm³/mol. The number of rotatable bonds is 2. The first-order chi connectivity index (χ1) is 16.5. The zero-order valence-electron chi connectivity index (χ0n) is 18.1. The van der Waals surface area contributed by atoms with Crippen LogP contribution in [0.25, 0.3) is 11.1 Å². The van der Waals surface area contributed by atoms with Crippen LogP contribution in [0.3, 0.4) is 0 Å². The summed E-state index contributed by atoms with van der Waals surface area (Å²) in [5, 5.41) is 21.6. The highest BCUT2D eigenvalue weighted by atomic mass is 19.1. The van der Waals surface area contributed by atoms with Gasteiger partial charge in [-0.25, -0.2) is 8.78 Å². The van der Waals surface area contributed by atoms with E-state index in [4.69, 9.17) is 5.73 Å². The van der Waals surface area contributed by atoms with Crippen molar-refractivity contribution in [2.24, 2.45) is 29.4 Å². The van der Waals surface area contributed by atoms with E-state index in [0.717, 1.165) is 12.1 Å². The molecule has 180 valence electrons. The summed E-state index contributed by atoms with van der Waals surface area (Å²) in [7, 11) is 0. The van der Waals surface area contributed by atoms with Gasteiger partial charge in [0.05, 0.1) is 11.5 Å². The lowest BCUT2D eigenvalue weighted by Gasteiger charge is -2.48. The topological polar surface area (TPSA) is 152 Å². The smallest absolute Gasteiger partial charge is 0.235 e. The Hall–Kier alpha value is -3.79. The number of phenolic OH excluding ortho intramolecular Hbond substituents is 1. The van der Waals surface area contributed by atoms with Crippen molar-refractivity contribution < 1.29 is 43.0 Å². The SMILES string of the molecule is NC(=O)C1C(=O)C[C@@H]2C[C@@H]3Cc4c(-c5ccc(F)cc5F)ccc(O)c4C(=O)C3C(=O)[C@]2(O)C1=O. The molecule has 3 aliphatic rings. The van der Waals surface area contributed by atoms with Gasteiger partial charge in [-0.05, 0) is 48.1 Å². The van der Waals surface area contributed by atoms with Gasteiger partial charge in [0.25, 0.3) is 0 Å². The van der Waals surface area contributed by atoms with Gasteiger partial charge in [-0.3, -0.25) is 24.0 Å². The fourth-order valence-corrected chi connectivity index (χ4v) is 5.93. The lowest BCUT2D eigenvalue weighted by Crippen LogP contribution is -2.68. The maximum absolute atomic E-state index is 14.6. The van der Waals surface area contributed by atoms with E-state index >= 15 is 0 Å². The van der Waals surface area contributed by atoms with E-state index in [9.17, 15) is 43.0 Å². The lowest BCUT2D eigenvalue weighted by atomic mass is 9.53. The molecule has 4 N–H and O–H groups in total. The molecule has 5 rings (SSSR count). The molecule has 2 aromatic rings. The van der Waals surface area contributed by atoms with E-state index in [1.54, 1.807) is 0 Å². The largest absolute Gasteiger partial charge is 0.507 e. The van der Waals surface area contributed by atoms with Crippen LogP contribution in [-0.4, -0.2) is 44.9 Å². The van der Waals surface area contributed by atoms with E-state index in [0.29, 0.717) is 6.07 Å². The molecule has 1 amide bonds. The van der Waals surface area contributed by atoms with Crippen LogP contribution in [0.15, 0.2) is 30.3 Å². The van der Waals surface area contributed by atoms with Crippen LogP contribution < -0.4 is 5.73 Å². The Bertz CT molecular complexity index is 1370. The number of benzene rings is 2. The Balaban J connectivity index is 1.63. The van der Waals surface area contributed by atoms with Crippen LogP contribution in [-0.2, 0) is 25.6 Å². The lowest BCUT2D eigenvalue weighted by molar-refractivity contribution is -0.175. The van der Waals surface area contributed by atoms with Crippen LogP contribution in [0.2, 0.25) is 0 Å². The molecule has 5 atom stereocenters. The van der Waals surface area contributed by atoms with Gasteiger partial charge >= 0.3 is 0 Å². The number of amides is 1. The molecule has 0 aliphatic heterocycles. The van der Waals surface area contributed by atoms with Crippen molar-refractivity contribution in [3.63, 3.8) is 0 Å². The van der Waals surface area contributed by atoms with Gasteiger partial charge < -0.3 is 15.9 Å². The molecule has 2 aromatic carbocycles. The number of carbonyl (C=O) groups is 5. The molecule has 2 fully saturated rings. The van der Waals surface area contributed by atoms with Crippen molar-refractivity contribution in [3.8, 4) is 16.9 Å². The highest BCUT2D eigenvalue weighted by Gasteiger charge is 2.66. The maximum atomic E-state index is 14.6. The zero-order chi connectivity index (χ0) is 25.4. The summed E-state index contributed by atoms with van der Waals surface area (Å²) >= 11 is 0. The molecule has 2 unspecified atom stereocenters. The number of primary amides is 1. The summed E-state index contributed by atoms with van der Waals surface area (Å²) in [6.45, 7) is 0. The number of nitrogens with two attached hydrogens (primary N) is 1. The average molecular weight is 483 g/mol. The number of hydrogen-bond acceptors (Lipinski definition) is 7. The van der Waals surface area contributed by atoms with Gasteiger partial charge in [0.1, 0.15) is 17.4 Å². The Morgan fingerprint density at radius 2 is 1.69 bits per heavy atom. The van der Waals surface area contributed by atoms with Crippen molar-refractivity contribution in [3.05, 3.63) is 53.1 Å². The Morgan fingerprint density at radius 3 is 2.34 bits per heavy atom. The van der Waals surface area contributed by atoms with Gasteiger partial charge in [0.2, 0.25) is 5.91 Å². The zero-order valence-corrected chi connectivity index (χ0v) is 18.1. The van der Waals surface area contributed by atoms with Gasteiger partial charge in [-0.1, -0.05) is 6.07 Å². The third-order valence-corrected chi connectivity index (χ3v) is 7.51. The number of phenols is 1. The van der Waals surface area contributed by atoms with Gasteiger partial charge in [-0.15, -0.1) is 0 Å². The van der Waals surface area contributed by atoms with Crippen LogP contribution in [0, 0.1) is 35.3 Å². The van der Waals surface area contributed by atoms with Crippen LogP contribution in [0.4, 0.5) is 8.78 Å². The number of ketones is 4. The number of fused-ring (bicyclic) bond motifs is 3. The van der Waals surface area contributed by atoms with Crippen molar-refractivity contribution in [1.29, 1.82) is 0 Å². The molecule has 3 aliphatic carbocycles. The number of Topliss-reactive ketones (excluding diaryl/α,β-unsaturated/α-hetero) is 4. The summed E-state index contributed by atoms with van der Waals surface area (Å²) in [4.78, 5) is 63.9.